The Labute approximate surface area is 125 Å². The molecule has 0 heterocycles. The van der Waals surface area contributed by atoms with Crippen molar-refractivity contribution in [3.05, 3.63) is 0 Å². The van der Waals surface area contributed by atoms with Crippen molar-refractivity contribution >= 4 is 18.0 Å². The number of hydrogen-bond donors (Lipinski definition) is 3. The normalized spacial score (nSPS) is 14.2. The van der Waals surface area contributed by atoms with E-state index < -0.39 is 35.7 Å². The second-order valence-electron chi connectivity index (χ2n) is 6.40. The number of carbonyl (C=O) groups excluding carboxylic acids is 2. The molecule has 3 N–H and O–H groups in total. The summed E-state index contributed by atoms with van der Waals surface area (Å²) in [6.45, 7) is 10.3. The SMILES string of the molecule is CC(C)C[C@H](NC(=O)[C@@H](C)NC(=O)OC(C)(C)C)C(=O)O. The number of carboxylic acids is 1. The zero-order valence-electron chi connectivity index (χ0n) is 13.5. The molecule has 0 spiro atoms. The largest absolute Gasteiger partial charge is 0.480 e. The minimum absolute atomic E-state index is 0.125. The molecule has 2 amide bonds. The van der Waals surface area contributed by atoms with Crippen molar-refractivity contribution in [3.8, 4) is 0 Å². The van der Waals surface area contributed by atoms with E-state index in [1.165, 1.54) is 6.92 Å². The number of nitrogens with one attached hydrogen (secondary N) is 2. The van der Waals surface area contributed by atoms with Gasteiger partial charge in [-0.05, 0) is 40.0 Å². The maximum Gasteiger partial charge on any atom is 0.408 e. The van der Waals surface area contributed by atoms with Gasteiger partial charge in [-0.25, -0.2) is 9.59 Å². The van der Waals surface area contributed by atoms with E-state index in [0.29, 0.717) is 6.42 Å². The van der Waals surface area contributed by atoms with Crippen LogP contribution in [0.2, 0.25) is 0 Å². The standard InChI is InChI=1S/C14H26N2O5/c1-8(2)7-10(12(18)19)16-11(17)9(3)15-13(20)21-14(4,5)6/h8-10H,7H2,1-6H3,(H,15,20)(H,16,17)(H,18,19)/t9-,10+/m1/s1. The predicted molar refractivity (Wildman–Crippen MR) is 77.9 cm³/mol. The summed E-state index contributed by atoms with van der Waals surface area (Å²) < 4.78 is 5.03. The summed E-state index contributed by atoms with van der Waals surface area (Å²) in [6.07, 6.45) is -0.402. The highest BCUT2D eigenvalue weighted by Crippen LogP contribution is 2.07. The molecule has 7 nitrogen and oxygen atoms in total. The van der Waals surface area contributed by atoms with Gasteiger partial charge in [0.25, 0.3) is 0 Å². The third-order valence-corrected chi connectivity index (χ3v) is 2.45. The van der Waals surface area contributed by atoms with Gasteiger partial charge in [-0.3, -0.25) is 4.79 Å². The molecule has 0 unspecified atom stereocenters. The molecule has 7 heteroatoms. The van der Waals surface area contributed by atoms with E-state index in [4.69, 9.17) is 9.84 Å². The molecule has 0 aliphatic carbocycles. The first-order chi connectivity index (χ1) is 9.42. The molecule has 0 radical (unpaired) electrons. The van der Waals surface area contributed by atoms with Crippen LogP contribution in [-0.2, 0) is 14.3 Å². The van der Waals surface area contributed by atoms with Gasteiger partial charge in [0.1, 0.15) is 17.7 Å². The number of carbonyl (C=O) groups is 3. The molecular weight excluding hydrogens is 276 g/mol. The topological polar surface area (TPSA) is 105 Å². The van der Waals surface area contributed by atoms with Crippen LogP contribution in [0, 0.1) is 5.92 Å². The number of amides is 2. The quantitative estimate of drug-likeness (QED) is 0.690. The molecule has 0 bridgehead atoms. The Balaban J connectivity index is 4.49. The number of aliphatic carboxylic acids is 1. The molecule has 0 rings (SSSR count). The molecule has 0 aromatic carbocycles. The van der Waals surface area contributed by atoms with Gasteiger partial charge >= 0.3 is 12.1 Å². The van der Waals surface area contributed by atoms with Crippen molar-refractivity contribution < 1.29 is 24.2 Å². The number of alkyl carbamates (subject to hydrolysis) is 1. The highest BCUT2D eigenvalue weighted by molar-refractivity contribution is 5.88. The lowest BCUT2D eigenvalue weighted by Gasteiger charge is -2.23. The Morgan fingerprint density at radius 3 is 2.00 bits per heavy atom. The zero-order valence-corrected chi connectivity index (χ0v) is 13.5. The molecule has 0 saturated heterocycles. The summed E-state index contributed by atoms with van der Waals surface area (Å²) in [5.74, 6) is -1.53. The molecule has 0 aliphatic heterocycles. The minimum atomic E-state index is -1.10. The van der Waals surface area contributed by atoms with Gasteiger partial charge in [0.05, 0.1) is 0 Å². The fraction of sp³-hybridized carbons (Fsp3) is 0.786. The minimum Gasteiger partial charge on any atom is -0.480 e. The average molecular weight is 302 g/mol. The Kier molecular flexibility index (Phi) is 7.18. The van der Waals surface area contributed by atoms with Crippen LogP contribution in [0.25, 0.3) is 0 Å². The Morgan fingerprint density at radius 2 is 1.62 bits per heavy atom. The summed E-state index contributed by atoms with van der Waals surface area (Å²) in [7, 11) is 0. The first-order valence-corrected chi connectivity index (χ1v) is 6.95. The monoisotopic (exact) mass is 302 g/mol. The summed E-state index contributed by atoms with van der Waals surface area (Å²) >= 11 is 0. The van der Waals surface area contributed by atoms with Gasteiger partial charge in [0.15, 0.2) is 0 Å². The highest BCUT2D eigenvalue weighted by Gasteiger charge is 2.25. The van der Waals surface area contributed by atoms with Crippen molar-refractivity contribution in [3.63, 3.8) is 0 Å². The molecule has 0 aliphatic rings. The van der Waals surface area contributed by atoms with Crippen LogP contribution in [0.15, 0.2) is 0 Å². The van der Waals surface area contributed by atoms with E-state index in [1.54, 1.807) is 20.8 Å². The van der Waals surface area contributed by atoms with E-state index >= 15 is 0 Å². The van der Waals surface area contributed by atoms with Gasteiger partial charge in [-0.15, -0.1) is 0 Å². The van der Waals surface area contributed by atoms with E-state index in [0.717, 1.165) is 0 Å². The van der Waals surface area contributed by atoms with E-state index in [-0.39, 0.29) is 5.92 Å². The van der Waals surface area contributed by atoms with Crippen LogP contribution < -0.4 is 10.6 Å². The molecule has 2 atom stereocenters. The lowest BCUT2D eigenvalue weighted by atomic mass is 10.0. The van der Waals surface area contributed by atoms with Crippen LogP contribution >= 0.6 is 0 Å². The average Bonchev–Trinajstić information content (AvgIpc) is 2.24. The number of rotatable bonds is 6. The van der Waals surface area contributed by atoms with Gasteiger partial charge in [0.2, 0.25) is 5.91 Å². The Hall–Kier alpha value is -1.79. The fourth-order valence-electron chi connectivity index (χ4n) is 1.54. The Morgan fingerprint density at radius 1 is 1.10 bits per heavy atom. The first-order valence-electron chi connectivity index (χ1n) is 6.95. The van der Waals surface area contributed by atoms with Crippen LogP contribution in [0.3, 0.4) is 0 Å². The molecule has 0 saturated carbocycles. The predicted octanol–water partition coefficient (Wildman–Crippen LogP) is 1.52. The fourth-order valence-corrected chi connectivity index (χ4v) is 1.54. The molecular formula is C14H26N2O5. The van der Waals surface area contributed by atoms with E-state index in [2.05, 4.69) is 10.6 Å². The van der Waals surface area contributed by atoms with Crippen molar-refractivity contribution in [2.75, 3.05) is 0 Å². The summed E-state index contributed by atoms with van der Waals surface area (Å²) in [5.41, 5.74) is -0.665. The second-order valence-corrected chi connectivity index (χ2v) is 6.40. The summed E-state index contributed by atoms with van der Waals surface area (Å²) in [5, 5.41) is 13.8. The van der Waals surface area contributed by atoms with Crippen molar-refractivity contribution in [2.45, 2.75) is 65.6 Å². The maximum atomic E-state index is 11.9. The summed E-state index contributed by atoms with van der Waals surface area (Å²) in [6, 6.07) is -1.85. The lowest BCUT2D eigenvalue weighted by Crippen LogP contribution is -2.51. The third-order valence-electron chi connectivity index (χ3n) is 2.45. The van der Waals surface area contributed by atoms with Crippen LogP contribution in [0.1, 0.15) is 48.0 Å². The van der Waals surface area contributed by atoms with Crippen molar-refractivity contribution in [1.29, 1.82) is 0 Å². The molecule has 21 heavy (non-hydrogen) atoms. The van der Waals surface area contributed by atoms with Crippen LogP contribution in [0.5, 0.6) is 0 Å². The van der Waals surface area contributed by atoms with Gasteiger partial charge in [-0.1, -0.05) is 13.8 Å². The number of ether oxygens (including phenoxy) is 1. The second kappa shape index (κ2) is 7.85. The van der Waals surface area contributed by atoms with Crippen molar-refractivity contribution in [2.24, 2.45) is 5.92 Å². The first kappa shape index (κ1) is 19.2. The smallest absolute Gasteiger partial charge is 0.408 e. The van der Waals surface area contributed by atoms with Gasteiger partial charge in [0, 0.05) is 0 Å². The summed E-state index contributed by atoms with van der Waals surface area (Å²) in [4.78, 5) is 34.5. The van der Waals surface area contributed by atoms with Gasteiger partial charge in [-0.2, -0.15) is 0 Å². The van der Waals surface area contributed by atoms with E-state index in [9.17, 15) is 14.4 Å². The van der Waals surface area contributed by atoms with Crippen molar-refractivity contribution in [1.82, 2.24) is 10.6 Å². The lowest BCUT2D eigenvalue weighted by molar-refractivity contribution is -0.142. The van der Waals surface area contributed by atoms with E-state index in [1.807, 2.05) is 13.8 Å². The molecule has 0 fully saturated rings. The van der Waals surface area contributed by atoms with Crippen LogP contribution in [-0.4, -0.2) is 40.8 Å². The molecule has 122 valence electrons. The van der Waals surface area contributed by atoms with Crippen LogP contribution in [0.4, 0.5) is 4.79 Å². The van der Waals surface area contributed by atoms with Gasteiger partial charge < -0.3 is 20.5 Å². The maximum absolute atomic E-state index is 11.9. The molecule has 0 aromatic heterocycles. The highest BCUT2D eigenvalue weighted by atomic mass is 16.6. The third kappa shape index (κ3) is 8.88. The molecule has 0 aromatic rings. The number of hydrogen-bond acceptors (Lipinski definition) is 4. The zero-order chi connectivity index (χ0) is 16.8. The number of carboxylic acid groups (broad SMARTS) is 1. The Bertz CT molecular complexity index is 387.